The molecule has 2 nitrogen and oxygen atoms in total. The quantitative estimate of drug-likeness (QED) is 0.799. The molecule has 0 unspecified atom stereocenters. The van der Waals surface area contributed by atoms with Crippen LogP contribution < -0.4 is 5.32 Å². The molecule has 19 heavy (non-hydrogen) atoms. The first-order valence-corrected chi connectivity index (χ1v) is 8.48. The zero-order chi connectivity index (χ0) is 13.6. The Labute approximate surface area is 122 Å². The summed E-state index contributed by atoms with van der Waals surface area (Å²) in [4.78, 5) is 4.00. The molecule has 1 aromatic rings. The van der Waals surface area contributed by atoms with E-state index >= 15 is 0 Å². The zero-order valence-electron chi connectivity index (χ0n) is 12.5. The van der Waals surface area contributed by atoms with Crippen molar-refractivity contribution >= 4 is 11.3 Å². The molecule has 0 saturated heterocycles. The van der Waals surface area contributed by atoms with Crippen molar-refractivity contribution in [3.8, 4) is 0 Å². The van der Waals surface area contributed by atoms with Gasteiger partial charge in [-0.05, 0) is 43.8 Å². The molecule has 1 fully saturated rings. The predicted octanol–water partition coefficient (Wildman–Crippen LogP) is 3.74. The predicted molar refractivity (Wildman–Crippen MR) is 84.7 cm³/mol. The number of rotatable bonds is 6. The molecular weight excluding hydrogens is 252 g/mol. The Kier molecular flexibility index (Phi) is 5.86. The van der Waals surface area contributed by atoms with Gasteiger partial charge in [-0.25, -0.2) is 0 Å². The molecule has 1 N–H and O–H groups in total. The maximum absolute atomic E-state index is 3.45. The number of nitrogens with one attached hydrogen (secondary N) is 1. The third-order valence-corrected chi connectivity index (χ3v) is 5.19. The summed E-state index contributed by atoms with van der Waals surface area (Å²) in [7, 11) is 4.38. The van der Waals surface area contributed by atoms with Crippen molar-refractivity contribution in [1.82, 2.24) is 10.2 Å². The van der Waals surface area contributed by atoms with E-state index in [0.29, 0.717) is 5.41 Å². The molecule has 0 aliphatic heterocycles. The van der Waals surface area contributed by atoms with E-state index in [1.54, 1.807) is 0 Å². The van der Waals surface area contributed by atoms with Gasteiger partial charge in [0.25, 0.3) is 0 Å². The van der Waals surface area contributed by atoms with Gasteiger partial charge >= 0.3 is 0 Å². The molecule has 0 atom stereocenters. The highest BCUT2D eigenvalue weighted by atomic mass is 32.1. The minimum Gasteiger partial charge on any atom is -0.319 e. The maximum Gasteiger partial charge on any atom is 0.0325 e. The molecule has 0 spiro atoms. The maximum atomic E-state index is 3.45. The molecule has 0 aromatic carbocycles. The van der Waals surface area contributed by atoms with Crippen LogP contribution in [0.4, 0.5) is 0 Å². The highest BCUT2D eigenvalue weighted by molar-refractivity contribution is 7.09. The van der Waals surface area contributed by atoms with E-state index in [0.717, 1.165) is 6.54 Å². The van der Waals surface area contributed by atoms with Gasteiger partial charge in [-0.15, -0.1) is 11.3 Å². The van der Waals surface area contributed by atoms with Gasteiger partial charge in [-0.1, -0.05) is 31.7 Å². The van der Waals surface area contributed by atoms with E-state index < -0.39 is 0 Å². The lowest BCUT2D eigenvalue weighted by Crippen LogP contribution is -2.41. The van der Waals surface area contributed by atoms with Gasteiger partial charge in [0.1, 0.15) is 0 Å². The third kappa shape index (κ3) is 4.59. The molecule has 1 aromatic heterocycles. The molecular formula is C16H28N2S. The van der Waals surface area contributed by atoms with E-state index in [9.17, 15) is 0 Å². The standard InChI is InChI=1S/C16H28N2S/c1-17-13-16(9-5-3-4-6-10-16)14-18(2)12-15-8-7-11-19-15/h7-8,11,17H,3-6,9-10,12-14H2,1-2H3. The molecule has 0 bridgehead atoms. The lowest BCUT2D eigenvalue weighted by atomic mass is 9.79. The summed E-state index contributed by atoms with van der Waals surface area (Å²) in [5, 5.41) is 5.62. The highest BCUT2D eigenvalue weighted by Gasteiger charge is 2.31. The fourth-order valence-corrected chi connectivity index (χ4v) is 4.33. The van der Waals surface area contributed by atoms with Crippen LogP contribution in [-0.4, -0.2) is 32.1 Å². The topological polar surface area (TPSA) is 15.3 Å². The van der Waals surface area contributed by atoms with Gasteiger partial charge in [0.2, 0.25) is 0 Å². The van der Waals surface area contributed by atoms with Crippen LogP contribution in [0, 0.1) is 5.41 Å². The minimum absolute atomic E-state index is 0.497. The summed E-state index contributed by atoms with van der Waals surface area (Å²) in [6.45, 7) is 3.50. The first kappa shape index (κ1) is 15.0. The molecule has 1 heterocycles. The van der Waals surface area contributed by atoms with E-state index in [2.05, 4.69) is 41.8 Å². The van der Waals surface area contributed by atoms with Crippen molar-refractivity contribution in [2.45, 2.75) is 45.1 Å². The van der Waals surface area contributed by atoms with Crippen LogP contribution in [-0.2, 0) is 6.54 Å². The Bertz CT molecular complexity index is 340. The largest absolute Gasteiger partial charge is 0.319 e. The molecule has 108 valence electrons. The van der Waals surface area contributed by atoms with Crippen LogP contribution in [0.2, 0.25) is 0 Å². The van der Waals surface area contributed by atoms with Crippen molar-refractivity contribution in [1.29, 1.82) is 0 Å². The van der Waals surface area contributed by atoms with Gasteiger partial charge < -0.3 is 10.2 Å². The summed E-state index contributed by atoms with van der Waals surface area (Å²) in [5.74, 6) is 0. The monoisotopic (exact) mass is 280 g/mol. The number of nitrogens with zero attached hydrogens (tertiary/aromatic N) is 1. The Morgan fingerprint density at radius 2 is 2.00 bits per heavy atom. The summed E-state index contributed by atoms with van der Waals surface area (Å²) < 4.78 is 0. The fourth-order valence-electron chi connectivity index (χ4n) is 3.54. The van der Waals surface area contributed by atoms with Crippen LogP contribution in [0.3, 0.4) is 0 Å². The van der Waals surface area contributed by atoms with Gasteiger partial charge in [0.15, 0.2) is 0 Å². The van der Waals surface area contributed by atoms with Crippen molar-refractivity contribution in [3.63, 3.8) is 0 Å². The Hall–Kier alpha value is -0.380. The molecule has 0 amide bonds. The van der Waals surface area contributed by atoms with E-state index in [-0.39, 0.29) is 0 Å². The molecule has 1 saturated carbocycles. The molecule has 3 heteroatoms. The van der Waals surface area contributed by atoms with Gasteiger partial charge in [0, 0.05) is 24.5 Å². The number of thiophene rings is 1. The minimum atomic E-state index is 0.497. The van der Waals surface area contributed by atoms with Gasteiger partial charge in [0.05, 0.1) is 0 Å². The van der Waals surface area contributed by atoms with Crippen molar-refractivity contribution in [3.05, 3.63) is 22.4 Å². The summed E-state index contributed by atoms with van der Waals surface area (Å²) >= 11 is 1.87. The average molecular weight is 280 g/mol. The molecule has 1 aliphatic carbocycles. The highest BCUT2D eigenvalue weighted by Crippen LogP contribution is 2.35. The number of hydrogen-bond acceptors (Lipinski definition) is 3. The second kappa shape index (κ2) is 7.41. The Morgan fingerprint density at radius 3 is 2.58 bits per heavy atom. The summed E-state index contributed by atoms with van der Waals surface area (Å²) in [6.07, 6.45) is 8.47. The first-order valence-electron chi connectivity index (χ1n) is 7.60. The van der Waals surface area contributed by atoms with Crippen molar-refractivity contribution < 1.29 is 0 Å². The second-order valence-electron chi connectivity index (χ2n) is 6.20. The van der Waals surface area contributed by atoms with Crippen LogP contribution in [0.15, 0.2) is 17.5 Å². The van der Waals surface area contributed by atoms with E-state index in [1.165, 1.54) is 56.5 Å². The van der Waals surface area contributed by atoms with Crippen LogP contribution in [0.5, 0.6) is 0 Å². The average Bonchev–Trinajstić information content (AvgIpc) is 2.76. The van der Waals surface area contributed by atoms with E-state index in [1.807, 2.05) is 11.3 Å². The van der Waals surface area contributed by atoms with Gasteiger partial charge in [-0.3, -0.25) is 0 Å². The first-order chi connectivity index (χ1) is 9.24. The summed E-state index contributed by atoms with van der Waals surface area (Å²) in [6, 6.07) is 4.40. The lowest BCUT2D eigenvalue weighted by Gasteiger charge is -2.36. The van der Waals surface area contributed by atoms with Gasteiger partial charge in [-0.2, -0.15) is 0 Å². The van der Waals surface area contributed by atoms with Crippen LogP contribution >= 0.6 is 11.3 Å². The zero-order valence-corrected chi connectivity index (χ0v) is 13.3. The van der Waals surface area contributed by atoms with Crippen LogP contribution in [0.1, 0.15) is 43.4 Å². The van der Waals surface area contributed by atoms with Crippen molar-refractivity contribution in [2.24, 2.45) is 5.41 Å². The molecule has 2 rings (SSSR count). The Morgan fingerprint density at radius 1 is 1.26 bits per heavy atom. The smallest absolute Gasteiger partial charge is 0.0325 e. The van der Waals surface area contributed by atoms with Crippen LogP contribution in [0.25, 0.3) is 0 Å². The summed E-state index contributed by atoms with van der Waals surface area (Å²) in [5.41, 5.74) is 0.497. The third-order valence-electron chi connectivity index (χ3n) is 4.33. The second-order valence-corrected chi connectivity index (χ2v) is 7.23. The fraction of sp³-hybridized carbons (Fsp3) is 0.750. The molecule has 1 aliphatic rings. The lowest BCUT2D eigenvalue weighted by molar-refractivity contribution is 0.145. The van der Waals surface area contributed by atoms with Crippen molar-refractivity contribution in [2.75, 3.05) is 27.2 Å². The Balaban J connectivity index is 1.94. The normalized spacial score (nSPS) is 19.5. The SMILES string of the molecule is CNCC1(CN(C)Cc2cccs2)CCCCCC1. The number of hydrogen-bond donors (Lipinski definition) is 1. The van der Waals surface area contributed by atoms with E-state index in [4.69, 9.17) is 0 Å². The molecule has 0 radical (unpaired) electrons.